The van der Waals surface area contributed by atoms with E-state index in [9.17, 15) is 19.7 Å². The van der Waals surface area contributed by atoms with E-state index >= 15 is 0 Å². The van der Waals surface area contributed by atoms with Crippen LogP contribution in [0.5, 0.6) is 0 Å². The summed E-state index contributed by atoms with van der Waals surface area (Å²) in [5.74, 6) is -0.234. The molecule has 1 unspecified atom stereocenters. The molecular formula is C20H22N4O5. The molecule has 0 spiro atoms. The number of nitrogens with zero attached hydrogens (tertiary/aromatic N) is 4. The number of fused-ring (bicyclic) bond motifs is 1. The molecular weight excluding hydrogens is 376 g/mol. The summed E-state index contributed by atoms with van der Waals surface area (Å²) in [5, 5.41) is 11.1. The molecule has 9 heteroatoms. The summed E-state index contributed by atoms with van der Waals surface area (Å²) in [6.07, 6.45) is 1.29. The van der Waals surface area contributed by atoms with Gasteiger partial charge in [0.1, 0.15) is 0 Å². The summed E-state index contributed by atoms with van der Waals surface area (Å²) >= 11 is 0. The molecule has 9 nitrogen and oxygen atoms in total. The van der Waals surface area contributed by atoms with Crippen molar-refractivity contribution in [2.24, 2.45) is 0 Å². The van der Waals surface area contributed by atoms with Gasteiger partial charge in [0, 0.05) is 36.2 Å². The van der Waals surface area contributed by atoms with Crippen LogP contribution in [0.25, 0.3) is 10.9 Å². The predicted octanol–water partition coefficient (Wildman–Crippen LogP) is 2.81. The lowest BCUT2D eigenvalue weighted by Gasteiger charge is -2.17. The molecule has 0 aliphatic heterocycles. The van der Waals surface area contributed by atoms with E-state index in [2.05, 4.69) is 4.98 Å². The largest absolute Gasteiger partial charge is 0.383 e. The Hall–Kier alpha value is -3.33. The Bertz CT molecular complexity index is 1160. The molecule has 0 aliphatic carbocycles. The SMILES string of the molecule is COCC(C)n1c(C)cc(C(=O)Cn2cnc3ccc([N+](=O)[O-])cc3c2=O)c1C. The van der Waals surface area contributed by atoms with Crippen LogP contribution in [0.15, 0.2) is 35.4 Å². The summed E-state index contributed by atoms with van der Waals surface area (Å²) in [6.45, 7) is 6.09. The quantitative estimate of drug-likeness (QED) is 0.344. The predicted molar refractivity (Wildman–Crippen MR) is 107 cm³/mol. The minimum Gasteiger partial charge on any atom is -0.383 e. The zero-order valence-electron chi connectivity index (χ0n) is 16.7. The van der Waals surface area contributed by atoms with E-state index in [0.29, 0.717) is 17.7 Å². The number of methoxy groups -OCH3 is 1. The topological polar surface area (TPSA) is 109 Å². The monoisotopic (exact) mass is 398 g/mol. The van der Waals surface area contributed by atoms with Crippen LogP contribution in [0, 0.1) is 24.0 Å². The lowest BCUT2D eigenvalue weighted by Crippen LogP contribution is -2.25. The van der Waals surface area contributed by atoms with Crippen LogP contribution >= 0.6 is 0 Å². The molecule has 1 atom stereocenters. The number of aromatic nitrogens is 3. The maximum absolute atomic E-state index is 12.9. The molecule has 2 heterocycles. The van der Waals surface area contributed by atoms with Crippen LogP contribution < -0.4 is 5.56 Å². The van der Waals surface area contributed by atoms with E-state index in [0.717, 1.165) is 11.4 Å². The smallest absolute Gasteiger partial charge is 0.270 e. The molecule has 3 aromatic rings. The fraction of sp³-hybridized carbons (Fsp3) is 0.350. The fourth-order valence-electron chi connectivity index (χ4n) is 3.67. The number of carbonyl (C=O) groups is 1. The first kappa shape index (κ1) is 20.4. The summed E-state index contributed by atoms with van der Waals surface area (Å²) in [6, 6.07) is 5.76. The van der Waals surface area contributed by atoms with Gasteiger partial charge >= 0.3 is 0 Å². The van der Waals surface area contributed by atoms with Gasteiger partial charge in [0.05, 0.1) is 41.3 Å². The van der Waals surface area contributed by atoms with Crippen LogP contribution in [0.4, 0.5) is 5.69 Å². The van der Waals surface area contributed by atoms with Crippen LogP contribution in [-0.2, 0) is 11.3 Å². The number of non-ortho nitro benzene ring substituents is 1. The molecule has 0 aliphatic rings. The number of benzene rings is 1. The Morgan fingerprint density at radius 2 is 2.03 bits per heavy atom. The zero-order chi connectivity index (χ0) is 21.3. The zero-order valence-corrected chi connectivity index (χ0v) is 16.7. The number of Topliss-reactive ketones (excluding diaryl/α,β-unsaturated/α-hetero) is 1. The normalized spacial score (nSPS) is 12.3. The van der Waals surface area contributed by atoms with Gasteiger partial charge in [-0.1, -0.05) is 0 Å². The number of nitro groups is 1. The second-order valence-corrected chi connectivity index (χ2v) is 7.02. The lowest BCUT2D eigenvalue weighted by molar-refractivity contribution is -0.384. The van der Waals surface area contributed by atoms with Crippen LogP contribution in [0.2, 0.25) is 0 Å². The number of ketones is 1. The number of rotatable bonds is 7. The minimum absolute atomic E-state index is 0.0622. The molecule has 0 saturated heterocycles. The number of ether oxygens (including phenoxy) is 1. The highest BCUT2D eigenvalue weighted by Crippen LogP contribution is 2.22. The van der Waals surface area contributed by atoms with Crippen molar-refractivity contribution in [3.05, 3.63) is 68.0 Å². The molecule has 1 aromatic carbocycles. The second-order valence-electron chi connectivity index (χ2n) is 7.02. The van der Waals surface area contributed by atoms with Gasteiger partial charge in [-0.2, -0.15) is 0 Å². The fourth-order valence-corrected chi connectivity index (χ4v) is 3.67. The van der Waals surface area contributed by atoms with Crippen molar-refractivity contribution in [1.82, 2.24) is 14.1 Å². The highest BCUT2D eigenvalue weighted by Gasteiger charge is 2.20. The highest BCUT2D eigenvalue weighted by atomic mass is 16.6. The van der Waals surface area contributed by atoms with Gasteiger partial charge in [-0.15, -0.1) is 0 Å². The molecule has 3 rings (SSSR count). The van der Waals surface area contributed by atoms with Crippen molar-refractivity contribution in [3.8, 4) is 0 Å². The van der Waals surface area contributed by atoms with Gasteiger partial charge in [-0.3, -0.25) is 24.3 Å². The summed E-state index contributed by atoms with van der Waals surface area (Å²) in [7, 11) is 1.63. The highest BCUT2D eigenvalue weighted by molar-refractivity contribution is 5.97. The molecule has 0 saturated carbocycles. The van der Waals surface area contributed by atoms with E-state index in [1.807, 2.05) is 25.3 Å². The van der Waals surface area contributed by atoms with Gasteiger partial charge in [0.15, 0.2) is 5.78 Å². The van der Waals surface area contributed by atoms with Crippen molar-refractivity contribution in [2.75, 3.05) is 13.7 Å². The second kappa shape index (κ2) is 7.96. The van der Waals surface area contributed by atoms with Crippen LogP contribution in [0.3, 0.4) is 0 Å². The van der Waals surface area contributed by atoms with Crippen molar-refractivity contribution in [2.45, 2.75) is 33.4 Å². The van der Waals surface area contributed by atoms with E-state index in [4.69, 9.17) is 4.74 Å². The van der Waals surface area contributed by atoms with Crippen LogP contribution in [0.1, 0.15) is 34.7 Å². The first-order chi connectivity index (χ1) is 13.7. The summed E-state index contributed by atoms with van der Waals surface area (Å²) < 4.78 is 8.42. The van der Waals surface area contributed by atoms with Gasteiger partial charge < -0.3 is 9.30 Å². The number of aryl methyl sites for hydroxylation is 1. The van der Waals surface area contributed by atoms with E-state index in [1.54, 1.807) is 13.2 Å². The minimum atomic E-state index is -0.572. The Morgan fingerprint density at radius 3 is 2.69 bits per heavy atom. The number of hydrogen-bond acceptors (Lipinski definition) is 6. The maximum Gasteiger partial charge on any atom is 0.270 e. The van der Waals surface area contributed by atoms with E-state index < -0.39 is 10.5 Å². The van der Waals surface area contributed by atoms with Crippen molar-refractivity contribution < 1.29 is 14.5 Å². The Labute approximate surface area is 166 Å². The average molecular weight is 398 g/mol. The first-order valence-corrected chi connectivity index (χ1v) is 9.08. The third kappa shape index (κ3) is 3.81. The molecule has 0 N–H and O–H groups in total. The van der Waals surface area contributed by atoms with Crippen molar-refractivity contribution in [3.63, 3.8) is 0 Å². The molecule has 0 bridgehead atoms. The summed E-state index contributed by atoms with van der Waals surface area (Å²) in [4.78, 5) is 40.2. The third-order valence-electron chi connectivity index (χ3n) is 4.97. The molecule has 0 radical (unpaired) electrons. The molecule has 2 aromatic heterocycles. The van der Waals surface area contributed by atoms with E-state index in [-0.39, 0.29) is 29.4 Å². The van der Waals surface area contributed by atoms with Gasteiger partial charge in [-0.25, -0.2) is 4.98 Å². The van der Waals surface area contributed by atoms with Gasteiger partial charge in [0.2, 0.25) is 0 Å². The van der Waals surface area contributed by atoms with Gasteiger partial charge in [0.25, 0.3) is 11.2 Å². The van der Waals surface area contributed by atoms with Crippen molar-refractivity contribution >= 4 is 22.4 Å². The molecule has 29 heavy (non-hydrogen) atoms. The molecule has 0 amide bonds. The lowest BCUT2D eigenvalue weighted by atomic mass is 10.1. The molecule has 152 valence electrons. The Balaban J connectivity index is 1.96. The maximum atomic E-state index is 12.9. The Morgan fingerprint density at radius 1 is 1.31 bits per heavy atom. The number of hydrogen-bond donors (Lipinski definition) is 0. The molecule has 0 fully saturated rings. The first-order valence-electron chi connectivity index (χ1n) is 9.08. The van der Waals surface area contributed by atoms with Crippen molar-refractivity contribution in [1.29, 1.82) is 0 Å². The average Bonchev–Trinajstić information content (AvgIpc) is 2.98. The Kier molecular flexibility index (Phi) is 5.60. The summed E-state index contributed by atoms with van der Waals surface area (Å²) in [5.41, 5.74) is 1.90. The standard InChI is InChI=1S/C20H22N4O5/c1-12-7-16(14(3)23(12)13(2)10-29-4)19(25)9-22-11-21-18-6-5-15(24(27)28)8-17(18)20(22)26/h5-8,11,13H,9-10H2,1-4H3. The van der Waals surface area contributed by atoms with Crippen LogP contribution in [-0.4, -0.2) is 38.5 Å². The van der Waals surface area contributed by atoms with E-state index in [1.165, 1.54) is 29.1 Å². The number of nitro benzene ring substituents is 1. The third-order valence-corrected chi connectivity index (χ3v) is 4.97. The van der Waals surface area contributed by atoms with Gasteiger partial charge in [-0.05, 0) is 32.9 Å². The number of carbonyl (C=O) groups excluding carboxylic acids is 1.